The number of carbonyl (C=O) groups is 3. The summed E-state index contributed by atoms with van der Waals surface area (Å²) in [6.07, 6.45) is 5.52. The van der Waals surface area contributed by atoms with Gasteiger partial charge < -0.3 is 20.7 Å². The zero-order valence-electron chi connectivity index (χ0n) is 19.0. The number of amides is 4. The molecular formula is C24H26ClN5O4S. The fourth-order valence-corrected chi connectivity index (χ4v) is 5.24. The molecule has 1 saturated carbocycles. The van der Waals surface area contributed by atoms with Crippen LogP contribution < -0.4 is 16.0 Å². The SMILES string of the molecule is C=C1c2ccc(C(=O)NC3CC3)cc2NC(=O)N1C(CC1CCOCC1)C(=O)Nc1ncc(Cl)s1. The summed E-state index contributed by atoms with van der Waals surface area (Å²) in [6, 6.07) is 4.08. The molecule has 184 valence electrons. The number of benzene rings is 1. The molecule has 1 atom stereocenters. The van der Waals surface area contributed by atoms with Crippen molar-refractivity contribution in [2.75, 3.05) is 23.8 Å². The molecule has 0 bridgehead atoms. The molecule has 1 saturated heterocycles. The normalized spacial score (nSPS) is 19.1. The van der Waals surface area contributed by atoms with Gasteiger partial charge in [-0.25, -0.2) is 9.78 Å². The predicted molar refractivity (Wildman–Crippen MR) is 135 cm³/mol. The Morgan fingerprint density at radius 2 is 2.06 bits per heavy atom. The third kappa shape index (κ3) is 5.34. The van der Waals surface area contributed by atoms with E-state index in [-0.39, 0.29) is 23.8 Å². The van der Waals surface area contributed by atoms with Crippen LogP contribution in [0.5, 0.6) is 0 Å². The van der Waals surface area contributed by atoms with Crippen molar-refractivity contribution in [1.82, 2.24) is 15.2 Å². The number of anilines is 2. The summed E-state index contributed by atoms with van der Waals surface area (Å²) in [7, 11) is 0. The van der Waals surface area contributed by atoms with Crippen molar-refractivity contribution in [3.8, 4) is 0 Å². The van der Waals surface area contributed by atoms with Gasteiger partial charge in [0.1, 0.15) is 10.4 Å². The topological polar surface area (TPSA) is 113 Å². The number of nitrogens with zero attached hydrogens (tertiary/aromatic N) is 2. The van der Waals surface area contributed by atoms with Crippen molar-refractivity contribution in [3.05, 3.63) is 46.4 Å². The second-order valence-electron chi connectivity index (χ2n) is 9.02. The molecule has 0 radical (unpaired) electrons. The quantitative estimate of drug-likeness (QED) is 0.508. The first-order valence-corrected chi connectivity index (χ1v) is 12.8. The van der Waals surface area contributed by atoms with E-state index >= 15 is 0 Å². The van der Waals surface area contributed by atoms with E-state index in [0.717, 1.165) is 37.0 Å². The van der Waals surface area contributed by atoms with Crippen LogP contribution in [-0.4, -0.2) is 53.0 Å². The number of ether oxygens (including phenoxy) is 1. The first kappa shape index (κ1) is 23.8. The molecule has 3 N–H and O–H groups in total. The molecule has 1 unspecified atom stereocenters. The minimum atomic E-state index is -0.806. The number of urea groups is 1. The second-order valence-corrected chi connectivity index (χ2v) is 10.7. The largest absolute Gasteiger partial charge is 0.381 e. The maximum absolute atomic E-state index is 13.4. The van der Waals surface area contributed by atoms with Crippen LogP contribution in [0, 0.1) is 5.92 Å². The third-order valence-corrected chi connectivity index (χ3v) is 7.51. The van der Waals surface area contributed by atoms with E-state index in [2.05, 4.69) is 27.5 Å². The van der Waals surface area contributed by atoms with Gasteiger partial charge in [0, 0.05) is 36.1 Å². The zero-order chi connectivity index (χ0) is 24.5. The van der Waals surface area contributed by atoms with Crippen LogP contribution in [0.4, 0.5) is 15.6 Å². The molecule has 3 aliphatic rings. The van der Waals surface area contributed by atoms with Crippen molar-refractivity contribution >= 4 is 57.3 Å². The molecule has 4 amide bonds. The van der Waals surface area contributed by atoms with E-state index in [9.17, 15) is 14.4 Å². The predicted octanol–water partition coefficient (Wildman–Crippen LogP) is 4.33. The summed E-state index contributed by atoms with van der Waals surface area (Å²) in [5.41, 5.74) is 2.03. The minimum Gasteiger partial charge on any atom is -0.381 e. The van der Waals surface area contributed by atoms with Gasteiger partial charge in [-0.15, -0.1) is 0 Å². The average Bonchev–Trinajstić information content (AvgIpc) is 3.57. The Morgan fingerprint density at radius 1 is 1.29 bits per heavy atom. The lowest BCUT2D eigenvalue weighted by Gasteiger charge is -2.38. The summed E-state index contributed by atoms with van der Waals surface area (Å²) in [5, 5.41) is 8.97. The van der Waals surface area contributed by atoms with Gasteiger partial charge in [0.25, 0.3) is 5.91 Å². The van der Waals surface area contributed by atoms with E-state index in [0.29, 0.717) is 51.6 Å². The fourth-order valence-electron chi connectivity index (χ4n) is 4.42. The van der Waals surface area contributed by atoms with Crippen molar-refractivity contribution in [2.45, 2.75) is 44.2 Å². The molecule has 3 heterocycles. The summed E-state index contributed by atoms with van der Waals surface area (Å²) < 4.78 is 5.92. The number of aromatic nitrogens is 1. The van der Waals surface area contributed by atoms with Crippen LogP contribution in [0.3, 0.4) is 0 Å². The molecule has 9 nitrogen and oxygen atoms in total. The molecule has 2 fully saturated rings. The van der Waals surface area contributed by atoms with Crippen molar-refractivity contribution < 1.29 is 19.1 Å². The lowest BCUT2D eigenvalue weighted by Crippen LogP contribution is -2.50. The fraction of sp³-hybridized carbons (Fsp3) is 0.417. The van der Waals surface area contributed by atoms with E-state index < -0.39 is 12.1 Å². The number of fused-ring (bicyclic) bond motifs is 1. The summed E-state index contributed by atoms with van der Waals surface area (Å²) >= 11 is 7.12. The van der Waals surface area contributed by atoms with Crippen molar-refractivity contribution in [1.29, 1.82) is 0 Å². The number of nitrogens with one attached hydrogen (secondary N) is 3. The Hall–Kier alpha value is -2.95. The van der Waals surface area contributed by atoms with E-state index in [1.54, 1.807) is 18.2 Å². The highest BCUT2D eigenvalue weighted by Gasteiger charge is 2.38. The second kappa shape index (κ2) is 9.96. The number of hydrogen-bond donors (Lipinski definition) is 3. The van der Waals surface area contributed by atoms with Crippen LogP contribution in [0.15, 0.2) is 31.0 Å². The number of carbonyl (C=O) groups excluding carboxylic acids is 3. The van der Waals surface area contributed by atoms with Crippen LogP contribution >= 0.6 is 22.9 Å². The number of rotatable bonds is 7. The Balaban J connectivity index is 1.40. The molecular weight excluding hydrogens is 490 g/mol. The molecule has 1 aromatic heterocycles. The van der Waals surface area contributed by atoms with E-state index in [4.69, 9.17) is 16.3 Å². The van der Waals surface area contributed by atoms with Crippen LogP contribution in [-0.2, 0) is 9.53 Å². The Bertz CT molecular complexity index is 1170. The molecule has 2 aliphatic heterocycles. The zero-order valence-corrected chi connectivity index (χ0v) is 20.6. The van der Waals surface area contributed by atoms with Crippen LogP contribution in [0.2, 0.25) is 4.34 Å². The van der Waals surface area contributed by atoms with Gasteiger partial charge in [-0.3, -0.25) is 14.5 Å². The van der Waals surface area contributed by atoms with E-state index in [1.165, 1.54) is 11.1 Å². The average molecular weight is 516 g/mol. The first-order valence-electron chi connectivity index (χ1n) is 11.6. The lowest BCUT2D eigenvalue weighted by molar-refractivity contribution is -0.120. The summed E-state index contributed by atoms with van der Waals surface area (Å²) in [6.45, 7) is 5.41. The molecule has 5 rings (SSSR count). The van der Waals surface area contributed by atoms with E-state index in [1.807, 2.05) is 0 Å². The van der Waals surface area contributed by atoms with Crippen molar-refractivity contribution in [3.63, 3.8) is 0 Å². The van der Waals surface area contributed by atoms with Gasteiger partial charge in [0.15, 0.2) is 5.13 Å². The number of halogens is 1. The molecule has 11 heteroatoms. The molecule has 35 heavy (non-hydrogen) atoms. The monoisotopic (exact) mass is 515 g/mol. The number of thiazole rings is 1. The number of hydrogen-bond acceptors (Lipinski definition) is 6. The van der Waals surface area contributed by atoms with Gasteiger partial charge >= 0.3 is 6.03 Å². The minimum absolute atomic E-state index is 0.170. The highest BCUT2D eigenvalue weighted by Crippen LogP contribution is 2.36. The molecule has 0 spiro atoms. The van der Waals surface area contributed by atoms with Gasteiger partial charge in [-0.05, 0) is 50.2 Å². The Kier molecular flexibility index (Phi) is 6.77. The molecule has 1 aromatic carbocycles. The van der Waals surface area contributed by atoms with Crippen molar-refractivity contribution in [2.24, 2.45) is 5.92 Å². The van der Waals surface area contributed by atoms with Gasteiger partial charge in [-0.2, -0.15) is 0 Å². The van der Waals surface area contributed by atoms with Crippen LogP contribution in [0.1, 0.15) is 48.0 Å². The van der Waals surface area contributed by atoms with Crippen LogP contribution in [0.25, 0.3) is 5.70 Å². The van der Waals surface area contributed by atoms with Gasteiger partial charge in [0.2, 0.25) is 5.91 Å². The summed E-state index contributed by atoms with van der Waals surface area (Å²) in [4.78, 5) is 44.7. The van der Waals surface area contributed by atoms with Gasteiger partial charge in [-0.1, -0.05) is 35.6 Å². The molecule has 2 aromatic rings. The highest BCUT2D eigenvalue weighted by molar-refractivity contribution is 7.19. The lowest BCUT2D eigenvalue weighted by atomic mass is 9.90. The standard InChI is InChI=1S/C24H26ClN5O4S/c1-13-17-5-2-15(21(31)27-16-3-4-16)11-18(17)28-24(33)30(13)19(10-14-6-8-34-9-7-14)22(32)29-23-26-12-20(25)35-23/h2,5,11-12,14,16,19H,1,3-4,6-10H2,(H,27,31)(H,28,33)(H,26,29,32). The Morgan fingerprint density at radius 3 is 2.74 bits per heavy atom. The Labute approximate surface area is 211 Å². The first-order chi connectivity index (χ1) is 16.9. The highest BCUT2D eigenvalue weighted by atomic mass is 35.5. The maximum Gasteiger partial charge on any atom is 0.327 e. The smallest absolute Gasteiger partial charge is 0.327 e. The third-order valence-electron chi connectivity index (χ3n) is 6.48. The van der Waals surface area contributed by atoms with Gasteiger partial charge in [0.05, 0.1) is 11.9 Å². The molecule has 1 aliphatic carbocycles. The summed E-state index contributed by atoms with van der Waals surface area (Å²) in [5.74, 6) is -0.311. The maximum atomic E-state index is 13.4.